The van der Waals surface area contributed by atoms with Crippen molar-refractivity contribution in [2.45, 2.75) is 52.2 Å². The first-order valence-corrected chi connectivity index (χ1v) is 5.45. The van der Waals surface area contributed by atoms with E-state index >= 15 is 0 Å². The number of hydrogen-bond donors (Lipinski definition) is 0. The molecule has 0 N–H and O–H groups in total. The first kappa shape index (κ1) is 11.5. The quantitative estimate of drug-likeness (QED) is 0.622. The second kappa shape index (κ2) is 4.31. The van der Waals surface area contributed by atoms with E-state index in [1.54, 1.807) is 0 Å². The van der Waals surface area contributed by atoms with E-state index in [1.165, 1.54) is 0 Å². The second-order valence-corrected chi connectivity index (χ2v) is 4.91. The van der Waals surface area contributed by atoms with Gasteiger partial charge in [-0.15, -0.1) is 0 Å². The SMILES string of the molecule is C=C(C)[C@H]1CC[C@](C)(/C=C/C(C)C)O1. The summed E-state index contributed by atoms with van der Waals surface area (Å²) in [5, 5.41) is 0. The first-order chi connectivity index (χ1) is 6.43. The van der Waals surface area contributed by atoms with Crippen molar-refractivity contribution in [3.63, 3.8) is 0 Å². The van der Waals surface area contributed by atoms with Gasteiger partial charge in [0.2, 0.25) is 0 Å². The molecule has 1 saturated heterocycles. The van der Waals surface area contributed by atoms with E-state index in [9.17, 15) is 0 Å². The summed E-state index contributed by atoms with van der Waals surface area (Å²) in [5.74, 6) is 0.597. The zero-order chi connectivity index (χ0) is 10.8. The van der Waals surface area contributed by atoms with Crippen LogP contribution in [0.15, 0.2) is 24.3 Å². The van der Waals surface area contributed by atoms with Gasteiger partial charge in [0.05, 0.1) is 11.7 Å². The van der Waals surface area contributed by atoms with Crippen LogP contribution in [0.3, 0.4) is 0 Å². The van der Waals surface area contributed by atoms with Gasteiger partial charge in [-0.1, -0.05) is 38.2 Å². The molecule has 0 saturated carbocycles. The van der Waals surface area contributed by atoms with E-state index in [1.807, 2.05) is 6.92 Å². The van der Waals surface area contributed by atoms with Crippen LogP contribution >= 0.6 is 0 Å². The predicted molar refractivity (Wildman–Crippen MR) is 61.3 cm³/mol. The lowest BCUT2D eigenvalue weighted by molar-refractivity contribution is 0.0218. The molecule has 0 aromatic rings. The van der Waals surface area contributed by atoms with Crippen molar-refractivity contribution in [3.05, 3.63) is 24.3 Å². The second-order valence-electron chi connectivity index (χ2n) is 4.91. The summed E-state index contributed by atoms with van der Waals surface area (Å²) >= 11 is 0. The Labute approximate surface area is 87.8 Å². The van der Waals surface area contributed by atoms with Crippen molar-refractivity contribution in [1.29, 1.82) is 0 Å². The lowest BCUT2D eigenvalue weighted by Crippen LogP contribution is -2.22. The van der Waals surface area contributed by atoms with Gasteiger partial charge in [-0.2, -0.15) is 0 Å². The van der Waals surface area contributed by atoms with Crippen LogP contribution in [0.1, 0.15) is 40.5 Å². The van der Waals surface area contributed by atoms with E-state index in [0.717, 1.165) is 18.4 Å². The zero-order valence-electron chi connectivity index (χ0n) is 9.84. The molecule has 0 amide bonds. The van der Waals surface area contributed by atoms with Crippen molar-refractivity contribution < 1.29 is 4.74 Å². The van der Waals surface area contributed by atoms with Gasteiger partial charge in [-0.3, -0.25) is 0 Å². The third kappa shape index (κ3) is 2.98. The predicted octanol–water partition coefficient (Wildman–Crippen LogP) is 3.71. The van der Waals surface area contributed by atoms with Gasteiger partial charge in [0.15, 0.2) is 0 Å². The third-order valence-electron chi connectivity index (χ3n) is 2.70. The van der Waals surface area contributed by atoms with Crippen molar-refractivity contribution in [3.8, 4) is 0 Å². The third-order valence-corrected chi connectivity index (χ3v) is 2.70. The van der Waals surface area contributed by atoms with Crippen molar-refractivity contribution >= 4 is 0 Å². The fourth-order valence-electron chi connectivity index (χ4n) is 1.73. The summed E-state index contributed by atoms with van der Waals surface area (Å²) in [4.78, 5) is 0. The zero-order valence-corrected chi connectivity index (χ0v) is 9.84. The Morgan fingerprint density at radius 3 is 2.64 bits per heavy atom. The van der Waals surface area contributed by atoms with Crippen LogP contribution in [-0.4, -0.2) is 11.7 Å². The van der Waals surface area contributed by atoms with E-state index in [-0.39, 0.29) is 11.7 Å². The molecule has 1 nitrogen and oxygen atoms in total. The van der Waals surface area contributed by atoms with Crippen LogP contribution in [0.4, 0.5) is 0 Å². The molecule has 1 heterocycles. The minimum absolute atomic E-state index is 0.0616. The van der Waals surface area contributed by atoms with Crippen molar-refractivity contribution in [2.24, 2.45) is 5.92 Å². The summed E-state index contributed by atoms with van der Waals surface area (Å²) in [5.41, 5.74) is 1.08. The molecule has 0 aliphatic carbocycles. The summed E-state index contributed by atoms with van der Waals surface area (Å²) in [6.45, 7) is 12.5. The van der Waals surface area contributed by atoms with Crippen LogP contribution in [0.5, 0.6) is 0 Å². The molecule has 14 heavy (non-hydrogen) atoms. The summed E-state index contributed by atoms with van der Waals surface area (Å²) in [7, 11) is 0. The van der Waals surface area contributed by atoms with Gasteiger partial charge in [0.1, 0.15) is 0 Å². The molecular weight excluding hydrogens is 172 g/mol. The minimum Gasteiger partial charge on any atom is -0.364 e. The Balaban J connectivity index is 2.57. The fraction of sp³-hybridized carbons (Fsp3) is 0.692. The molecule has 0 radical (unpaired) electrons. The molecule has 0 spiro atoms. The number of allylic oxidation sites excluding steroid dienone is 1. The molecule has 0 unspecified atom stereocenters. The van der Waals surface area contributed by atoms with Crippen molar-refractivity contribution in [1.82, 2.24) is 0 Å². The molecule has 0 bridgehead atoms. The highest BCUT2D eigenvalue weighted by molar-refractivity contribution is 5.10. The lowest BCUT2D eigenvalue weighted by atomic mass is 9.99. The van der Waals surface area contributed by atoms with Crippen molar-refractivity contribution in [2.75, 3.05) is 0 Å². The summed E-state index contributed by atoms with van der Waals surface area (Å²) in [6.07, 6.45) is 6.90. The molecule has 0 aromatic carbocycles. The monoisotopic (exact) mass is 194 g/mol. The maximum Gasteiger partial charge on any atom is 0.0843 e. The minimum atomic E-state index is -0.0616. The highest BCUT2D eigenvalue weighted by atomic mass is 16.5. The molecular formula is C13H22O. The standard InChI is InChI=1S/C13H22O/c1-10(2)6-8-13(5)9-7-12(14-13)11(3)4/h6,8,10,12H,3,7,9H2,1-2,4-5H3/b8-6+/t12-,13+/m1/s1. The number of ether oxygens (including phenoxy) is 1. The van der Waals surface area contributed by atoms with E-state index in [0.29, 0.717) is 5.92 Å². The largest absolute Gasteiger partial charge is 0.364 e. The summed E-state index contributed by atoms with van der Waals surface area (Å²) in [6, 6.07) is 0. The van der Waals surface area contributed by atoms with Gasteiger partial charge >= 0.3 is 0 Å². The smallest absolute Gasteiger partial charge is 0.0843 e. The van der Waals surface area contributed by atoms with Crippen LogP contribution in [0.25, 0.3) is 0 Å². The first-order valence-electron chi connectivity index (χ1n) is 5.45. The molecule has 1 heteroatoms. The van der Waals surface area contributed by atoms with Gasteiger partial charge in [-0.05, 0) is 32.6 Å². The Hall–Kier alpha value is -0.560. The van der Waals surface area contributed by atoms with Crippen LogP contribution in [0.2, 0.25) is 0 Å². The lowest BCUT2D eigenvalue weighted by Gasteiger charge is -2.21. The Morgan fingerprint density at radius 1 is 1.57 bits per heavy atom. The van der Waals surface area contributed by atoms with Gasteiger partial charge in [-0.25, -0.2) is 0 Å². The van der Waals surface area contributed by atoms with Crippen LogP contribution < -0.4 is 0 Å². The average Bonchev–Trinajstić information content (AvgIpc) is 2.46. The molecule has 1 aliphatic heterocycles. The maximum atomic E-state index is 5.97. The Bertz CT molecular complexity index is 240. The highest BCUT2D eigenvalue weighted by Gasteiger charge is 2.33. The molecule has 80 valence electrons. The Morgan fingerprint density at radius 2 is 2.21 bits per heavy atom. The van der Waals surface area contributed by atoms with E-state index < -0.39 is 0 Å². The summed E-state index contributed by atoms with van der Waals surface area (Å²) < 4.78 is 5.97. The molecule has 1 aliphatic rings. The van der Waals surface area contributed by atoms with Crippen LogP contribution in [-0.2, 0) is 4.74 Å². The topological polar surface area (TPSA) is 9.23 Å². The number of rotatable bonds is 3. The van der Waals surface area contributed by atoms with Crippen LogP contribution in [0, 0.1) is 5.92 Å². The average molecular weight is 194 g/mol. The molecule has 1 fully saturated rings. The maximum absolute atomic E-state index is 5.97. The van der Waals surface area contributed by atoms with Gasteiger partial charge < -0.3 is 4.74 Å². The highest BCUT2D eigenvalue weighted by Crippen LogP contribution is 2.34. The van der Waals surface area contributed by atoms with Gasteiger partial charge in [0.25, 0.3) is 0 Å². The normalized spacial score (nSPS) is 33.1. The molecule has 0 aromatic heterocycles. The van der Waals surface area contributed by atoms with Gasteiger partial charge in [0, 0.05) is 0 Å². The van der Waals surface area contributed by atoms with E-state index in [4.69, 9.17) is 4.74 Å². The number of hydrogen-bond acceptors (Lipinski definition) is 1. The fourth-order valence-corrected chi connectivity index (χ4v) is 1.73. The molecule has 1 rings (SSSR count). The van der Waals surface area contributed by atoms with E-state index in [2.05, 4.69) is 39.5 Å². The molecule has 2 atom stereocenters. The Kier molecular flexibility index (Phi) is 3.54.